The number of carbonyl (C=O) groups excluding carboxylic acids is 1. The third-order valence-corrected chi connectivity index (χ3v) is 4.38. The van der Waals surface area contributed by atoms with Gasteiger partial charge in [0.25, 0.3) is 5.56 Å². The number of rotatable bonds is 3. The van der Waals surface area contributed by atoms with Crippen LogP contribution in [0.4, 0.5) is 18.2 Å². The number of nitrogens with two attached hydrogens (primary N) is 1. The van der Waals surface area contributed by atoms with Crippen molar-refractivity contribution < 1.29 is 22.7 Å². The zero-order valence-corrected chi connectivity index (χ0v) is 14.1. The quantitative estimate of drug-likeness (QED) is 0.702. The molecule has 0 spiro atoms. The van der Waals surface area contributed by atoms with Crippen LogP contribution in [0.1, 0.15) is 23.0 Å². The first-order valence-corrected chi connectivity index (χ1v) is 8.26. The van der Waals surface area contributed by atoms with Crippen LogP contribution >= 0.6 is 11.3 Å². The minimum absolute atomic E-state index is 0.0189. The van der Waals surface area contributed by atoms with Gasteiger partial charge in [-0.3, -0.25) is 4.79 Å². The molecule has 10 heteroatoms. The Bertz CT molecular complexity index is 1060. The van der Waals surface area contributed by atoms with E-state index >= 15 is 0 Å². The van der Waals surface area contributed by atoms with Crippen molar-refractivity contribution >= 4 is 33.1 Å². The second-order valence-corrected chi connectivity index (χ2v) is 6.13. The molecule has 136 valence electrons. The lowest BCUT2D eigenvalue weighted by Crippen LogP contribution is -2.25. The fourth-order valence-electron chi connectivity index (χ4n) is 2.41. The van der Waals surface area contributed by atoms with Crippen LogP contribution in [0, 0.1) is 0 Å². The lowest BCUT2D eigenvalue weighted by molar-refractivity contribution is -0.137. The fourth-order valence-corrected chi connectivity index (χ4v) is 3.20. The summed E-state index contributed by atoms with van der Waals surface area (Å²) in [6.07, 6.45) is -4.59. The first-order chi connectivity index (χ1) is 12.2. The number of nitrogen functional groups attached to an aromatic ring is 1. The molecule has 0 fully saturated rings. The van der Waals surface area contributed by atoms with E-state index in [9.17, 15) is 22.8 Å². The fraction of sp³-hybridized carbons (Fsp3) is 0.188. The Hall–Kier alpha value is -2.88. The predicted molar refractivity (Wildman–Crippen MR) is 90.6 cm³/mol. The lowest BCUT2D eigenvalue weighted by Gasteiger charge is -2.11. The van der Waals surface area contributed by atoms with Crippen molar-refractivity contribution in [2.75, 3.05) is 12.3 Å². The standard InChI is InChI=1S/C16H12F3N3O3S/c1-2-25-15(24)12-10-7-26-13(20)11(10)14(23)22(21-12)9-5-3-4-8(6-9)16(17,18)19/h3-7H,2,20H2,1H3. The van der Waals surface area contributed by atoms with E-state index in [1.165, 1.54) is 11.4 Å². The number of nitrogens with zero attached hydrogens (tertiary/aromatic N) is 2. The number of halogens is 3. The van der Waals surface area contributed by atoms with E-state index in [-0.39, 0.29) is 33.8 Å². The Labute approximate surface area is 148 Å². The van der Waals surface area contributed by atoms with E-state index in [0.717, 1.165) is 34.2 Å². The van der Waals surface area contributed by atoms with Gasteiger partial charge in [0.2, 0.25) is 0 Å². The monoisotopic (exact) mass is 383 g/mol. The molecule has 0 saturated carbocycles. The molecular formula is C16H12F3N3O3S. The predicted octanol–water partition coefficient (Wildman–Crippen LogP) is 3.22. The van der Waals surface area contributed by atoms with Crippen molar-refractivity contribution in [3.8, 4) is 5.69 Å². The van der Waals surface area contributed by atoms with Gasteiger partial charge in [0.05, 0.1) is 28.2 Å². The maximum absolute atomic E-state index is 13.0. The van der Waals surface area contributed by atoms with E-state index in [1.54, 1.807) is 6.92 Å². The van der Waals surface area contributed by atoms with Gasteiger partial charge in [-0.05, 0) is 25.1 Å². The number of hydrogen-bond donors (Lipinski definition) is 1. The van der Waals surface area contributed by atoms with Crippen LogP contribution in [0.25, 0.3) is 16.5 Å². The molecule has 2 N–H and O–H groups in total. The van der Waals surface area contributed by atoms with Gasteiger partial charge in [-0.1, -0.05) is 6.07 Å². The summed E-state index contributed by atoms with van der Waals surface area (Å²) in [6.45, 7) is 1.67. The minimum Gasteiger partial charge on any atom is -0.461 e. The van der Waals surface area contributed by atoms with Gasteiger partial charge in [-0.15, -0.1) is 11.3 Å². The van der Waals surface area contributed by atoms with E-state index in [2.05, 4.69) is 5.10 Å². The molecule has 26 heavy (non-hydrogen) atoms. The van der Waals surface area contributed by atoms with Crippen LogP contribution in [0.3, 0.4) is 0 Å². The summed E-state index contributed by atoms with van der Waals surface area (Å²) in [7, 11) is 0. The van der Waals surface area contributed by atoms with Gasteiger partial charge in [-0.2, -0.15) is 23.0 Å². The second-order valence-electron chi connectivity index (χ2n) is 5.22. The average molecular weight is 383 g/mol. The number of thiophene rings is 1. The maximum atomic E-state index is 13.0. The van der Waals surface area contributed by atoms with Crippen LogP contribution in [0.2, 0.25) is 0 Å². The lowest BCUT2D eigenvalue weighted by atomic mass is 10.2. The summed E-state index contributed by atoms with van der Waals surface area (Å²) in [6, 6.07) is 4.08. The summed E-state index contributed by atoms with van der Waals surface area (Å²) in [5, 5.41) is 5.79. The number of esters is 1. The van der Waals surface area contributed by atoms with E-state index < -0.39 is 23.3 Å². The van der Waals surface area contributed by atoms with E-state index in [4.69, 9.17) is 10.5 Å². The molecule has 0 aliphatic heterocycles. The second kappa shape index (κ2) is 6.45. The van der Waals surface area contributed by atoms with E-state index in [1.807, 2.05) is 0 Å². The summed E-state index contributed by atoms with van der Waals surface area (Å²) in [4.78, 5) is 24.9. The van der Waals surface area contributed by atoms with Crippen LogP contribution < -0.4 is 11.3 Å². The topological polar surface area (TPSA) is 87.2 Å². The third-order valence-electron chi connectivity index (χ3n) is 3.57. The molecule has 6 nitrogen and oxygen atoms in total. The van der Waals surface area contributed by atoms with Gasteiger partial charge >= 0.3 is 12.1 Å². The van der Waals surface area contributed by atoms with Crippen LogP contribution in [0.5, 0.6) is 0 Å². The van der Waals surface area contributed by atoms with Crippen LogP contribution in [0.15, 0.2) is 34.4 Å². The number of benzene rings is 1. The number of ether oxygens (including phenoxy) is 1. The number of fused-ring (bicyclic) bond motifs is 1. The number of alkyl halides is 3. The summed E-state index contributed by atoms with van der Waals surface area (Å²) >= 11 is 1.03. The maximum Gasteiger partial charge on any atom is 0.416 e. The van der Waals surface area contributed by atoms with Crippen molar-refractivity contribution in [2.24, 2.45) is 0 Å². The Morgan fingerprint density at radius 1 is 1.38 bits per heavy atom. The van der Waals surface area contributed by atoms with Crippen molar-refractivity contribution in [3.05, 3.63) is 51.3 Å². The van der Waals surface area contributed by atoms with Crippen molar-refractivity contribution in [2.45, 2.75) is 13.1 Å². The van der Waals surface area contributed by atoms with Crippen LogP contribution in [-0.2, 0) is 10.9 Å². The molecule has 0 saturated heterocycles. The average Bonchev–Trinajstić information content (AvgIpc) is 2.97. The first kappa shape index (κ1) is 17.9. The van der Waals surface area contributed by atoms with Crippen molar-refractivity contribution in [1.29, 1.82) is 0 Å². The molecule has 0 atom stereocenters. The highest BCUT2D eigenvalue weighted by Gasteiger charge is 2.31. The highest BCUT2D eigenvalue weighted by Crippen LogP contribution is 2.31. The molecule has 2 heterocycles. The van der Waals surface area contributed by atoms with E-state index in [0.29, 0.717) is 0 Å². The van der Waals surface area contributed by atoms with Gasteiger partial charge in [-0.25, -0.2) is 4.79 Å². The molecule has 0 aliphatic carbocycles. The number of hydrogen-bond acceptors (Lipinski definition) is 6. The molecule has 1 aromatic carbocycles. The SMILES string of the molecule is CCOC(=O)c1nn(-c2cccc(C(F)(F)F)c2)c(=O)c2c(N)scc12. The molecule has 0 aliphatic rings. The molecule has 3 rings (SSSR count). The van der Waals surface area contributed by atoms with Gasteiger partial charge in [0.1, 0.15) is 0 Å². The molecule has 3 aromatic rings. The Morgan fingerprint density at radius 2 is 2.12 bits per heavy atom. The Kier molecular flexibility index (Phi) is 4.45. The zero-order chi connectivity index (χ0) is 19.1. The Balaban J connectivity index is 2.30. The highest BCUT2D eigenvalue weighted by atomic mass is 32.1. The molecule has 0 radical (unpaired) electrons. The number of aromatic nitrogens is 2. The molecule has 0 bridgehead atoms. The highest BCUT2D eigenvalue weighted by molar-refractivity contribution is 7.15. The van der Waals surface area contributed by atoms with Gasteiger partial charge in [0, 0.05) is 10.8 Å². The number of carbonyl (C=O) groups is 1. The Morgan fingerprint density at radius 3 is 2.77 bits per heavy atom. The summed E-state index contributed by atoms with van der Waals surface area (Å²) in [5.74, 6) is -0.795. The molecule has 0 amide bonds. The number of anilines is 1. The summed E-state index contributed by atoms with van der Waals surface area (Å²) < 4.78 is 44.5. The summed E-state index contributed by atoms with van der Waals surface area (Å²) in [5.41, 5.74) is 3.83. The van der Waals surface area contributed by atoms with Gasteiger partial charge in [0.15, 0.2) is 5.69 Å². The minimum atomic E-state index is -4.59. The molecule has 0 unspecified atom stereocenters. The smallest absolute Gasteiger partial charge is 0.416 e. The van der Waals surface area contributed by atoms with Crippen molar-refractivity contribution in [3.63, 3.8) is 0 Å². The first-order valence-electron chi connectivity index (χ1n) is 7.38. The third kappa shape index (κ3) is 3.03. The molecular weight excluding hydrogens is 371 g/mol. The largest absolute Gasteiger partial charge is 0.461 e. The zero-order valence-electron chi connectivity index (χ0n) is 13.3. The van der Waals surface area contributed by atoms with Crippen LogP contribution in [-0.4, -0.2) is 22.4 Å². The van der Waals surface area contributed by atoms with Crippen molar-refractivity contribution in [1.82, 2.24) is 9.78 Å². The normalized spacial score (nSPS) is 11.7. The molecule has 2 aromatic heterocycles. The van der Waals surface area contributed by atoms with Gasteiger partial charge < -0.3 is 10.5 Å².